The third kappa shape index (κ3) is 3.57. The molecule has 0 aromatic heterocycles. The van der Waals surface area contributed by atoms with Crippen LogP contribution in [0.3, 0.4) is 0 Å². The number of carboxylic acid groups (broad SMARTS) is 1. The summed E-state index contributed by atoms with van der Waals surface area (Å²) in [6.45, 7) is 1.21. The van der Waals surface area contributed by atoms with E-state index in [0.717, 1.165) is 24.8 Å². The van der Waals surface area contributed by atoms with Crippen molar-refractivity contribution in [1.82, 2.24) is 4.90 Å². The Labute approximate surface area is 147 Å². The first-order valence-electron chi connectivity index (χ1n) is 8.78. The van der Waals surface area contributed by atoms with Gasteiger partial charge in [-0.2, -0.15) is 0 Å². The summed E-state index contributed by atoms with van der Waals surface area (Å²) in [5.41, 5.74) is 2.25. The number of hydrogen-bond acceptors (Lipinski definition) is 4. The zero-order valence-corrected chi connectivity index (χ0v) is 14.8. The van der Waals surface area contributed by atoms with Gasteiger partial charge < -0.3 is 19.5 Å². The molecule has 3 rings (SSSR count). The van der Waals surface area contributed by atoms with Crippen molar-refractivity contribution < 1.29 is 24.2 Å². The molecule has 2 atom stereocenters. The summed E-state index contributed by atoms with van der Waals surface area (Å²) in [7, 11) is 3.22. The number of fused-ring (bicyclic) bond motifs is 1. The molecule has 0 spiro atoms. The van der Waals surface area contributed by atoms with Gasteiger partial charge in [-0.05, 0) is 48.9 Å². The standard InChI is InChI=1S/C19H25NO5/c1-24-16-9-12-6-7-20(11-15(12)10-17(16)25-2)18(21)13-4-3-5-14(8-13)19(22)23/h9-10,13-14H,3-8,11H2,1-2H3,(H,22,23)/t13-,14+/m1/s1. The number of carbonyl (C=O) groups is 2. The number of carbonyl (C=O) groups excluding carboxylic acids is 1. The highest BCUT2D eigenvalue weighted by molar-refractivity contribution is 5.80. The number of hydrogen-bond donors (Lipinski definition) is 1. The van der Waals surface area contributed by atoms with Crippen LogP contribution in [0.1, 0.15) is 36.8 Å². The van der Waals surface area contributed by atoms with E-state index in [1.165, 1.54) is 5.56 Å². The summed E-state index contributed by atoms with van der Waals surface area (Å²) in [5.74, 6) is 0.127. The van der Waals surface area contributed by atoms with Crippen LogP contribution in [-0.4, -0.2) is 42.6 Å². The minimum atomic E-state index is -0.779. The molecule has 2 aliphatic rings. The van der Waals surface area contributed by atoms with Crippen LogP contribution in [0.25, 0.3) is 0 Å². The quantitative estimate of drug-likeness (QED) is 0.905. The van der Waals surface area contributed by atoms with Gasteiger partial charge in [-0.15, -0.1) is 0 Å². The molecule has 25 heavy (non-hydrogen) atoms. The second-order valence-corrected chi connectivity index (χ2v) is 6.88. The van der Waals surface area contributed by atoms with Crippen LogP contribution in [0.2, 0.25) is 0 Å². The van der Waals surface area contributed by atoms with Crippen LogP contribution in [0.4, 0.5) is 0 Å². The highest BCUT2D eigenvalue weighted by Crippen LogP contribution is 2.35. The Hall–Kier alpha value is -2.24. The SMILES string of the molecule is COc1cc2c(cc1OC)CN(C(=O)[C@@H]1CCC[C@H](C(=O)O)C1)CC2. The van der Waals surface area contributed by atoms with Crippen LogP contribution in [0, 0.1) is 11.8 Å². The minimum Gasteiger partial charge on any atom is -0.493 e. The molecule has 6 nitrogen and oxygen atoms in total. The number of nitrogens with zero attached hydrogens (tertiary/aromatic N) is 1. The Bertz CT molecular complexity index is 672. The molecule has 1 aromatic rings. The normalized spacial score (nSPS) is 22.9. The molecule has 0 saturated heterocycles. The van der Waals surface area contributed by atoms with E-state index in [9.17, 15) is 14.7 Å². The van der Waals surface area contributed by atoms with Crippen molar-refractivity contribution in [1.29, 1.82) is 0 Å². The fourth-order valence-electron chi connectivity index (χ4n) is 3.97. The summed E-state index contributed by atoms with van der Waals surface area (Å²) < 4.78 is 10.7. The first kappa shape index (κ1) is 17.6. The highest BCUT2D eigenvalue weighted by atomic mass is 16.5. The van der Waals surface area contributed by atoms with E-state index in [4.69, 9.17) is 9.47 Å². The summed E-state index contributed by atoms with van der Waals surface area (Å²) in [6, 6.07) is 3.92. The largest absolute Gasteiger partial charge is 0.493 e. The van der Waals surface area contributed by atoms with Gasteiger partial charge in [-0.3, -0.25) is 9.59 Å². The molecule has 1 heterocycles. The van der Waals surface area contributed by atoms with Gasteiger partial charge in [0.25, 0.3) is 0 Å². The lowest BCUT2D eigenvalue weighted by molar-refractivity contribution is -0.145. The van der Waals surface area contributed by atoms with Crippen molar-refractivity contribution in [2.75, 3.05) is 20.8 Å². The van der Waals surface area contributed by atoms with Gasteiger partial charge in [0.15, 0.2) is 11.5 Å². The van der Waals surface area contributed by atoms with Crippen LogP contribution in [0.5, 0.6) is 11.5 Å². The first-order chi connectivity index (χ1) is 12.0. The molecule has 0 radical (unpaired) electrons. The second-order valence-electron chi connectivity index (χ2n) is 6.88. The molecule has 1 amide bonds. The maximum Gasteiger partial charge on any atom is 0.306 e. The van der Waals surface area contributed by atoms with E-state index in [1.54, 1.807) is 14.2 Å². The smallest absolute Gasteiger partial charge is 0.306 e. The van der Waals surface area contributed by atoms with Gasteiger partial charge in [-0.25, -0.2) is 0 Å². The van der Waals surface area contributed by atoms with Crippen LogP contribution in [0.15, 0.2) is 12.1 Å². The third-order valence-electron chi connectivity index (χ3n) is 5.40. The van der Waals surface area contributed by atoms with Gasteiger partial charge in [0.2, 0.25) is 5.91 Å². The maximum absolute atomic E-state index is 12.9. The molecule has 6 heteroatoms. The molecular formula is C19H25NO5. The van der Waals surface area contributed by atoms with E-state index in [2.05, 4.69) is 0 Å². The average molecular weight is 347 g/mol. The monoisotopic (exact) mass is 347 g/mol. The number of amides is 1. The topological polar surface area (TPSA) is 76.1 Å². The molecule has 1 aliphatic heterocycles. The summed E-state index contributed by atoms with van der Waals surface area (Å²) in [5, 5.41) is 9.23. The number of rotatable bonds is 4. The van der Waals surface area contributed by atoms with Crippen molar-refractivity contribution in [2.45, 2.75) is 38.6 Å². The average Bonchev–Trinajstić information content (AvgIpc) is 2.65. The molecule has 0 unspecified atom stereocenters. The van der Waals surface area contributed by atoms with Crippen molar-refractivity contribution in [2.24, 2.45) is 11.8 Å². The van der Waals surface area contributed by atoms with Crippen molar-refractivity contribution in [3.63, 3.8) is 0 Å². The van der Waals surface area contributed by atoms with Gasteiger partial charge >= 0.3 is 5.97 Å². The Morgan fingerprint density at radius 1 is 1.08 bits per heavy atom. The Kier molecular flexibility index (Phi) is 5.16. The first-order valence-corrected chi connectivity index (χ1v) is 8.78. The molecule has 1 aromatic carbocycles. The number of aliphatic carboxylic acids is 1. The van der Waals surface area contributed by atoms with E-state index in [0.29, 0.717) is 37.4 Å². The fourth-order valence-corrected chi connectivity index (χ4v) is 3.97. The van der Waals surface area contributed by atoms with Crippen LogP contribution >= 0.6 is 0 Å². The molecule has 1 saturated carbocycles. The van der Waals surface area contributed by atoms with E-state index in [-0.39, 0.29) is 17.7 Å². The van der Waals surface area contributed by atoms with Gasteiger partial charge in [0, 0.05) is 19.0 Å². The predicted octanol–water partition coefficient (Wildman–Crippen LogP) is 2.48. The van der Waals surface area contributed by atoms with E-state index in [1.807, 2.05) is 17.0 Å². The van der Waals surface area contributed by atoms with Gasteiger partial charge in [0.1, 0.15) is 0 Å². The summed E-state index contributed by atoms with van der Waals surface area (Å²) in [4.78, 5) is 26.0. The molecule has 136 valence electrons. The molecule has 1 fully saturated rings. The maximum atomic E-state index is 12.9. The van der Waals surface area contributed by atoms with Crippen LogP contribution < -0.4 is 9.47 Å². The van der Waals surface area contributed by atoms with Crippen molar-refractivity contribution in [3.05, 3.63) is 23.3 Å². The Morgan fingerprint density at radius 3 is 2.36 bits per heavy atom. The lowest BCUT2D eigenvalue weighted by Crippen LogP contribution is -2.41. The highest BCUT2D eigenvalue weighted by Gasteiger charge is 2.34. The molecule has 0 bridgehead atoms. The van der Waals surface area contributed by atoms with Gasteiger partial charge in [0.05, 0.1) is 20.1 Å². The number of benzene rings is 1. The van der Waals surface area contributed by atoms with E-state index >= 15 is 0 Å². The lowest BCUT2D eigenvalue weighted by Gasteiger charge is -2.34. The molecular weight excluding hydrogens is 322 g/mol. The fraction of sp³-hybridized carbons (Fsp3) is 0.579. The van der Waals surface area contributed by atoms with Crippen LogP contribution in [-0.2, 0) is 22.6 Å². The number of carboxylic acids is 1. The second kappa shape index (κ2) is 7.33. The van der Waals surface area contributed by atoms with E-state index < -0.39 is 5.97 Å². The number of ether oxygens (including phenoxy) is 2. The lowest BCUT2D eigenvalue weighted by atomic mass is 9.80. The summed E-state index contributed by atoms with van der Waals surface area (Å²) >= 11 is 0. The minimum absolute atomic E-state index is 0.0892. The zero-order chi connectivity index (χ0) is 18.0. The number of methoxy groups -OCH3 is 2. The Morgan fingerprint density at radius 2 is 1.72 bits per heavy atom. The van der Waals surface area contributed by atoms with Gasteiger partial charge in [-0.1, -0.05) is 6.42 Å². The zero-order valence-electron chi connectivity index (χ0n) is 14.8. The predicted molar refractivity (Wildman–Crippen MR) is 91.8 cm³/mol. The molecule has 1 aliphatic carbocycles. The molecule has 1 N–H and O–H groups in total. The van der Waals surface area contributed by atoms with Crippen molar-refractivity contribution in [3.8, 4) is 11.5 Å². The summed E-state index contributed by atoms with van der Waals surface area (Å²) in [6.07, 6.45) is 3.51. The van der Waals surface area contributed by atoms with Crippen molar-refractivity contribution >= 4 is 11.9 Å². The third-order valence-corrected chi connectivity index (χ3v) is 5.40. The Balaban J connectivity index is 1.73.